The molecule has 1 aliphatic rings. The number of aliphatic carboxylic acids is 1. The van der Waals surface area contributed by atoms with Gasteiger partial charge in [-0.1, -0.05) is 0 Å². The second-order valence-corrected chi connectivity index (χ2v) is 7.25. The Kier molecular flexibility index (Phi) is 6.88. The van der Waals surface area contributed by atoms with Crippen LogP contribution in [0.1, 0.15) is 26.7 Å². The maximum absolute atomic E-state index is 12.2. The van der Waals surface area contributed by atoms with Crippen molar-refractivity contribution in [1.82, 2.24) is 14.9 Å². The molecule has 0 aromatic carbocycles. The highest BCUT2D eigenvalue weighted by Gasteiger charge is 2.65. The van der Waals surface area contributed by atoms with Gasteiger partial charge in [0.15, 0.2) is 0 Å². The summed E-state index contributed by atoms with van der Waals surface area (Å²) in [6.07, 6.45) is -0.386. The van der Waals surface area contributed by atoms with Gasteiger partial charge in [0.2, 0.25) is 17.5 Å². The van der Waals surface area contributed by atoms with Crippen molar-refractivity contribution >= 4 is 34.0 Å². The summed E-state index contributed by atoms with van der Waals surface area (Å²) in [6.45, 7) is 2.53. The number of methoxy groups -OCH3 is 1. The maximum atomic E-state index is 12.2. The van der Waals surface area contributed by atoms with Crippen molar-refractivity contribution < 1.29 is 42.0 Å². The van der Waals surface area contributed by atoms with Crippen LogP contribution in [0.15, 0.2) is 0 Å². The summed E-state index contributed by atoms with van der Waals surface area (Å²) >= 11 is 0. The van der Waals surface area contributed by atoms with Crippen LogP contribution in [-0.4, -0.2) is 77.0 Å². The molecule has 0 spiro atoms. The van der Waals surface area contributed by atoms with Crippen LogP contribution in [0.4, 0.5) is 0 Å². The van der Waals surface area contributed by atoms with Gasteiger partial charge in [0.25, 0.3) is 5.91 Å². The molecule has 0 radical (unpaired) electrons. The number of nitrogens with one attached hydrogen (secondary N) is 2. The monoisotopic (exact) mass is 410 g/mol. The number of hydrogen-bond donors (Lipinski definition) is 5. The zero-order valence-electron chi connectivity index (χ0n) is 14.8. The van der Waals surface area contributed by atoms with Crippen LogP contribution in [0.3, 0.4) is 0 Å². The lowest BCUT2D eigenvalue weighted by Crippen LogP contribution is -2.81. The zero-order valence-corrected chi connectivity index (χ0v) is 15.6. The fraction of sp³-hybridized carbons (Fsp3) is 0.692. The van der Waals surface area contributed by atoms with Crippen LogP contribution in [0.2, 0.25) is 0 Å². The molecule has 4 unspecified atom stereocenters. The molecule has 0 bridgehead atoms. The SMILES string of the molecule is COC1(NC(=O)C(C)NC(=O)CCC(N)C(=O)O)C(=O)N(S(=O)(=O)O)C1C. The van der Waals surface area contributed by atoms with Crippen molar-refractivity contribution in [3.63, 3.8) is 0 Å². The van der Waals surface area contributed by atoms with Gasteiger partial charge in [-0.3, -0.25) is 23.7 Å². The Morgan fingerprint density at radius 2 is 1.96 bits per heavy atom. The van der Waals surface area contributed by atoms with Gasteiger partial charge in [0.1, 0.15) is 18.1 Å². The molecular weight excluding hydrogens is 388 g/mol. The van der Waals surface area contributed by atoms with Gasteiger partial charge < -0.3 is 26.2 Å². The Balaban J connectivity index is 2.70. The summed E-state index contributed by atoms with van der Waals surface area (Å²) in [4.78, 5) is 46.7. The summed E-state index contributed by atoms with van der Waals surface area (Å²) < 4.78 is 36.4. The standard InChI is InChI=1S/C13H22N4O9S/c1-6(15-9(18)5-4-8(14)11(20)21)10(19)16-13(26-3)7(2)17(12(13)22)27(23,24)25/h6-8H,4-5,14H2,1-3H3,(H,15,18)(H,16,19)(H,20,21)(H,23,24,25). The summed E-state index contributed by atoms with van der Waals surface area (Å²) in [5.74, 6) is -3.97. The number of carboxylic acids is 1. The molecule has 3 amide bonds. The van der Waals surface area contributed by atoms with Gasteiger partial charge >= 0.3 is 16.3 Å². The Labute approximate surface area is 155 Å². The largest absolute Gasteiger partial charge is 0.480 e. The first-order valence-corrected chi connectivity index (χ1v) is 9.13. The van der Waals surface area contributed by atoms with E-state index in [1.54, 1.807) is 0 Å². The lowest BCUT2D eigenvalue weighted by atomic mass is 9.94. The van der Waals surface area contributed by atoms with E-state index in [2.05, 4.69) is 10.6 Å². The lowest BCUT2D eigenvalue weighted by Gasteiger charge is -2.50. The van der Waals surface area contributed by atoms with Crippen molar-refractivity contribution in [2.45, 2.75) is 50.5 Å². The summed E-state index contributed by atoms with van der Waals surface area (Å²) in [6, 6.07) is -3.60. The molecule has 4 atom stereocenters. The van der Waals surface area contributed by atoms with Crippen molar-refractivity contribution in [3.05, 3.63) is 0 Å². The Morgan fingerprint density at radius 3 is 2.37 bits per heavy atom. The highest BCUT2D eigenvalue weighted by atomic mass is 32.2. The molecule has 1 rings (SSSR count). The smallest absolute Gasteiger partial charge is 0.362 e. The van der Waals surface area contributed by atoms with Gasteiger partial charge in [-0.2, -0.15) is 8.42 Å². The van der Waals surface area contributed by atoms with Crippen molar-refractivity contribution in [2.24, 2.45) is 5.73 Å². The molecule has 13 nitrogen and oxygen atoms in total. The predicted octanol–water partition coefficient (Wildman–Crippen LogP) is -2.82. The van der Waals surface area contributed by atoms with Crippen molar-refractivity contribution in [3.8, 4) is 0 Å². The van der Waals surface area contributed by atoms with Crippen molar-refractivity contribution in [1.29, 1.82) is 0 Å². The van der Waals surface area contributed by atoms with Gasteiger partial charge in [0, 0.05) is 13.5 Å². The number of hydrogen-bond acceptors (Lipinski definition) is 8. The molecule has 1 heterocycles. The van der Waals surface area contributed by atoms with E-state index >= 15 is 0 Å². The van der Waals surface area contributed by atoms with Crippen LogP contribution in [0.5, 0.6) is 0 Å². The average molecular weight is 410 g/mol. The Hall–Kier alpha value is -2.29. The third kappa shape index (κ3) is 4.71. The first kappa shape index (κ1) is 22.8. The number of rotatable bonds is 9. The van der Waals surface area contributed by atoms with E-state index in [1.807, 2.05) is 0 Å². The lowest BCUT2D eigenvalue weighted by molar-refractivity contribution is -0.193. The van der Waals surface area contributed by atoms with E-state index in [4.69, 9.17) is 20.1 Å². The number of carboxylic acid groups (broad SMARTS) is 1. The molecule has 1 fully saturated rings. The normalized spacial score (nSPS) is 24.6. The number of ether oxygens (including phenoxy) is 1. The minimum Gasteiger partial charge on any atom is -0.480 e. The number of nitrogens with zero attached hydrogens (tertiary/aromatic N) is 1. The minimum atomic E-state index is -4.82. The molecule has 0 aromatic heterocycles. The van der Waals surface area contributed by atoms with Gasteiger partial charge in [-0.25, -0.2) is 4.31 Å². The quantitative estimate of drug-likeness (QED) is 0.150. The number of β-lactam (4-membered cyclic amide) rings is 1. The van der Waals surface area contributed by atoms with Gasteiger partial charge in [-0.15, -0.1) is 0 Å². The molecule has 1 aliphatic heterocycles. The van der Waals surface area contributed by atoms with E-state index < -0.39 is 57.8 Å². The second kappa shape index (κ2) is 8.16. The molecule has 0 aliphatic carbocycles. The van der Waals surface area contributed by atoms with E-state index in [0.717, 1.165) is 7.11 Å². The molecule has 27 heavy (non-hydrogen) atoms. The van der Waals surface area contributed by atoms with E-state index in [9.17, 15) is 27.6 Å². The molecule has 1 saturated heterocycles. The predicted molar refractivity (Wildman–Crippen MR) is 88.2 cm³/mol. The summed E-state index contributed by atoms with van der Waals surface area (Å²) in [5.41, 5.74) is 3.26. The van der Waals surface area contributed by atoms with Gasteiger partial charge in [0.05, 0.1) is 0 Å². The third-order valence-electron chi connectivity index (χ3n) is 4.11. The second-order valence-electron chi connectivity index (χ2n) is 5.96. The Morgan fingerprint density at radius 1 is 1.41 bits per heavy atom. The summed E-state index contributed by atoms with van der Waals surface area (Å²) in [7, 11) is -3.76. The van der Waals surface area contributed by atoms with E-state index in [0.29, 0.717) is 0 Å². The molecule has 154 valence electrons. The fourth-order valence-corrected chi connectivity index (χ4v) is 3.36. The van der Waals surface area contributed by atoms with Crippen LogP contribution < -0.4 is 16.4 Å². The Bertz CT molecular complexity index is 740. The molecular formula is C13H22N4O9S. The zero-order chi connectivity index (χ0) is 21.2. The summed E-state index contributed by atoms with van der Waals surface area (Å²) in [5, 5.41) is 13.2. The molecule has 6 N–H and O–H groups in total. The number of carbonyl (C=O) groups is 4. The van der Waals surface area contributed by atoms with Crippen LogP contribution >= 0.6 is 0 Å². The van der Waals surface area contributed by atoms with Crippen LogP contribution in [0, 0.1) is 0 Å². The first-order valence-electron chi connectivity index (χ1n) is 7.74. The van der Waals surface area contributed by atoms with Gasteiger partial charge in [-0.05, 0) is 20.3 Å². The molecule has 0 aromatic rings. The third-order valence-corrected chi connectivity index (χ3v) is 5.09. The van der Waals surface area contributed by atoms with E-state index in [-0.39, 0.29) is 17.1 Å². The van der Waals surface area contributed by atoms with E-state index in [1.165, 1.54) is 13.8 Å². The van der Waals surface area contributed by atoms with Crippen LogP contribution in [0.25, 0.3) is 0 Å². The number of amides is 3. The maximum Gasteiger partial charge on any atom is 0.362 e. The molecule has 14 heteroatoms. The number of nitrogens with two attached hydrogens (primary N) is 1. The fourth-order valence-electron chi connectivity index (χ4n) is 2.47. The first-order chi connectivity index (χ1) is 12.3. The minimum absolute atomic E-state index is 0.143. The molecule has 0 saturated carbocycles. The van der Waals surface area contributed by atoms with Crippen LogP contribution in [-0.2, 0) is 34.2 Å². The number of carbonyl (C=O) groups excluding carboxylic acids is 3. The highest BCUT2D eigenvalue weighted by Crippen LogP contribution is 2.33. The highest BCUT2D eigenvalue weighted by molar-refractivity contribution is 7.84. The topological polar surface area (TPSA) is 205 Å². The average Bonchev–Trinajstić information content (AvgIpc) is 2.55. The van der Waals surface area contributed by atoms with Crippen molar-refractivity contribution in [2.75, 3.05) is 7.11 Å².